The van der Waals surface area contributed by atoms with E-state index in [-0.39, 0.29) is 6.03 Å². The number of aromatic nitrogens is 1. The van der Waals surface area contributed by atoms with Gasteiger partial charge in [0.15, 0.2) is 0 Å². The molecule has 0 saturated carbocycles. The SMILES string of the molecule is CNCCCCCCNC(=O)n1c2ccccc2c2ccccc21. The fraction of sp³-hybridized carbons (Fsp3) is 0.350. The van der Waals surface area contributed by atoms with Gasteiger partial charge in [-0.3, -0.25) is 4.57 Å². The van der Waals surface area contributed by atoms with Crippen molar-refractivity contribution in [3.8, 4) is 0 Å². The van der Waals surface area contributed by atoms with Gasteiger partial charge in [-0.25, -0.2) is 4.79 Å². The number of benzene rings is 2. The van der Waals surface area contributed by atoms with Crippen LogP contribution in [0, 0.1) is 0 Å². The summed E-state index contributed by atoms with van der Waals surface area (Å²) in [6.07, 6.45) is 4.56. The van der Waals surface area contributed by atoms with Crippen LogP contribution < -0.4 is 10.6 Å². The number of fused-ring (bicyclic) bond motifs is 3. The second-order valence-electron chi connectivity index (χ2n) is 6.12. The second kappa shape index (κ2) is 7.97. The minimum atomic E-state index is -0.0392. The van der Waals surface area contributed by atoms with Gasteiger partial charge in [-0.05, 0) is 38.6 Å². The standard InChI is InChI=1S/C20H25N3O/c1-21-14-8-2-3-9-15-22-20(24)23-18-12-6-4-10-16(18)17-11-5-7-13-19(17)23/h4-7,10-13,21H,2-3,8-9,14-15H2,1H3,(H,22,24). The molecule has 4 nitrogen and oxygen atoms in total. The molecule has 0 spiro atoms. The molecule has 0 bridgehead atoms. The van der Waals surface area contributed by atoms with Crippen LogP contribution in [0.1, 0.15) is 25.7 Å². The molecule has 0 aliphatic carbocycles. The molecule has 0 fully saturated rings. The third-order valence-corrected chi connectivity index (χ3v) is 4.41. The topological polar surface area (TPSA) is 46.1 Å². The zero-order valence-corrected chi connectivity index (χ0v) is 14.2. The van der Waals surface area contributed by atoms with Crippen LogP contribution in [0.15, 0.2) is 48.5 Å². The van der Waals surface area contributed by atoms with Crippen LogP contribution in [-0.2, 0) is 0 Å². The van der Waals surface area contributed by atoms with Crippen LogP contribution in [0.25, 0.3) is 21.8 Å². The number of carbonyl (C=O) groups excluding carboxylic acids is 1. The van der Waals surface area contributed by atoms with E-state index in [0.29, 0.717) is 0 Å². The first-order valence-electron chi connectivity index (χ1n) is 8.74. The Hall–Kier alpha value is -2.33. The number of para-hydroxylation sites is 2. The number of nitrogens with zero attached hydrogens (tertiary/aromatic N) is 1. The summed E-state index contributed by atoms with van der Waals surface area (Å²) in [4.78, 5) is 12.7. The summed E-state index contributed by atoms with van der Waals surface area (Å²) in [5, 5.41) is 8.47. The Morgan fingerprint density at radius 3 is 1.96 bits per heavy atom. The Bertz CT molecular complexity index is 769. The molecule has 1 amide bonds. The van der Waals surface area contributed by atoms with Crippen molar-refractivity contribution in [1.82, 2.24) is 15.2 Å². The van der Waals surface area contributed by atoms with Crippen molar-refractivity contribution in [3.63, 3.8) is 0 Å². The zero-order valence-electron chi connectivity index (χ0n) is 14.2. The highest BCUT2D eigenvalue weighted by molar-refractivity contribution is 6.13. The molecular formula is C20H25N3O. The van der Waals surface area contributed by atoms with Gasteiger partial charge in [0.1, 0.15) is 0 Å². The van der Waals surface area contributed by atoms with Crippen molar-refractivity contribution >= 4 is 27.8 Å². The molecule has 2 aromatic carbocycles. The third kappa shape index (κ3) is 3.44. The van der Waals surface area contributed by atoms with Crippen molar-refractivity contribution in [2.75, 3.05) is 20.1 Å². The van der Waals surface area contributed by atoms with Crippen LogP contribution in [0.4, 0.5) is 4.79 Å². The number of hydrogen-bond acceptors (Lipinski definition) is 2. The van der Waals surface area contributed by atoms with E-state index in [1.165, 1.54) is 12.8 Å². The summed E-state index contributed by atoms with van der Waals surface area (Å²) in [5.41, 5.74) is 1.93. The predicted octanol–water partition coefficient (Wildman–Crippen LogP) is 4.13. The van der Waals surface area contributed by atoms with Crippen LogP contribution in [0.2, 0.25) is 0 Å². The monoisotopic (exact) mass is 323 g/mol. The van der Waals surface area contributed by atoms with E-state index in [1.807, 2.05) is 43.4 Å². The van der Waals surface area contributed by atoms with Crippen molar-refractivity contribution in [3.05, 3.63) is 48.5 Å². The van der Waals surface area contributed by atoms with Gasteiger partial charge >= 0.3 is 6.03 Å². The lowest BCUT2D eigenvalue weighted by molar-refractivity contribution is 0.244. The first-order valence-corrected chi connectivity index (χ1v) is 8.74. The molecule has 4 heteroatoms. The Kier molecular flexibility index (Phi) is 5.49. The van der Waals surface area contributed by atoms with Gasteiger partial charge in [0, 0.05) is 17.3 Å². The molecule has 0 unspecified atom stereocenters. The highest BCUT2D eigenvalue weighted by Crippen LogP contribution is 2.28. The first-order chi connectivity index (χ1) is 11.8. The summed E-state index contributed by atoms with van der Waals surface area (Å²) < 4.78 is 1.80. The van der Waals surface area contributed by atoms with E-state index < -0.39 is 0 Å². The van der Waals surface area contributed by atoms with Gasteiger partial charge in [-0.15, -0.1) is 0 Å². The molecule has 2 N–H and O–H groups in total. The maximum absolute atomic E-state index is 12.7. The van der Waals surface area contributed by atoms with Crippen molar-refractivity contribution in [2.45, 2.75) is 25.7 Å². The van der Waals surface area contributed by atoms with E-state index in [9.17, 15) is 4.79 Å². The lowest BCUT2D eigenvalue weighted by Crippen LogP contribution is -2.29. The van der Waals surface area contributed by atoms with E-state index in [1.54, 1.807) is 4.57 Å². The number of hydrogen-bond donors (Lipinski definition) is 2. The van der Waals surface area contributed by atoms with Crippen LogP contribution in [0.5, 0.6) is 0 Å². The molecule has 1 heterocycles. The molecule has 126 valence electrons. The fourth-order valence-corrected chi connectivity index (χ4v) is 3.20. The third-order valence-electron chi connectivity index (χ3n) is 4.41. The van der Waals surface area contributed by atoms with Gasteiger partial charge in [0.05, 0.1) is 11.0 Å². The Morgan fingerprint density at radius 2 is 1.38 bits per heavy atom. The smallest absolute Gasteiger partial charge is 0.326 e. The van der Waals surface area contributed by atoms with E-state index in [4.69, 9.17) is 0 Å². The Balaban J connectivity index is 1.70. The molecular weight excluding hydrogens is 298 g/mol. The van der Waals surface area contributed by atoms with Gasteiger partial charge in [0.2, 0.25) is 0 Å². The van der Waals surface area contributed by atoms with E-state index in [0.717, 1.165) is 47.7 Å². The molecule has 1 aromatic heterocycles. The van der Waals surface area contributed by atoms with Gasteiger partial charge < -0.3 is 10.6 Å². The molecule has 0 aliphatic heterocycles. The summed E-state index contributed by atoms with van der Waals surface area (Å²) >= 11 is 0. The molecule has 0 aliphatic rings. The minimum Gasteiger partial charge on any atom is -0.337 e. The maximum Gasteiger partial charge on any atom is 0.326 e. The molecule has 24 heavy (non-hydrogen) atoms. The number of nitrogens with one attached hydrogen (secondary N) is 2. The highest BCUT2D eigenvalue weighted by atomic mass is 16.2. The lowest BCUT2D eigenvalue weighted by atomic mass is 10.2. The van der Waals surface area contributed by atoms with Gasteiger partial charge in [0.25, 0.3) is 0 Å². The van der Waals surface area contributed by atoms with Crippen LogP contribution >= 0.6 is 0 Å². The normalized spacial score (nSPS) is 11.2. The van der Waals surface area contributed by atoms with E-state index in [2.05, 4.69) is 22.8 Å². The Morgan fingerprint density at radius 1 is 0.833 bits per heavy atom. The zero-order chi connectivity index (χ0) is 16.8. The van der Waals surface area contributed by atoms with Crippen molar-refractivity contribution in [2.24, 2.45) is 0 Å². The van der Waals surface area contributed by atoms with Crippen LogP contribution in [-0.4, -0.2) is 30.7 Å². The van der Waals surface area contributed by atoms with Crippen LogP contribution in [0.3, 0.4) is 0 Å². The maximum atomic E-state index is 12.7. The molecule has 0 atom stereocenters. The molecule has 3 rings (SSSR count). The van der Waals surface area contributed by atoms with Crippen molar-refractivity contribution < 1.29 is 4.79 Å². The predicted molar refractivity (Wildman–Crippen MR) is 101 cm³/mol. The van der Waals surface area contributed by atoms with Gasteiger partial charge in [-0.1, -0.05) is 49.2 Å². The summed E-state index contributed by atoms with van der Waals surface area (Å²) in [6, 6.07) is 16.1. The number of carbonyl (C=O) groups is 1. The quantitative estimate of drug-likeness (QED) is 0.642. The summed E-state index contributed by atoms with van der Waals surface area (Å²) in [7, 11) is 1.98. The lowest BCUT2D eigenvalue weighted by Gasteiger charge is -2.08. The Labute approximate surface area is 142 Å². The first kappa shape index (κ1) is 16.5. The largest absolute Gasteiger partial charge is 0.337 e. The molecule has 0 radical (unpaired) electrons. The summed E-state index contributed by atoms with van der Waals surface area (Å²) in [5.74, 6) is 0. The number of unbranched alkanes of at least 4 members (excludes halogenated alkanes) is 3. The average Bonchev–Trinajstić information content (AvgIpc) is 2.95. The minimum absolute atomic E-state index is 0.0392. The van der Waals surface area contributed by atoms with E-state index >= 15 is 0 Å². The number of rotatable bonds is 7. The highest BCUT2D eigenvalue weighted by Gasteiger charge is 2.14. The summed E-state index contributed by atoms with van der Waals surface area (Å²) in [6.45, 7) is 1.78. The molecule has 0 saturated heterocycles. The fourth-order valence-electron chi connectivity index (χ4n) is 3.20. The second-order valence-corrected chi connectivity index (χ2v) is 6.12. The average molecular weight is 323 g/mol. The van der Waals surface area contributed by atoms with Gasteiger partial charge in [-0.2, -0.15) is 0 Å². The number of amides is 1. The van der Waals surface area contributed by atoms with Crippen molar-refractivity contribution in [1.29, 1.82) is 0 Å². The molecule has 3 aromatic rings.